The molecule has 6 nitrogen and oxygen atoms in total. The van der Waals surface area contributed by atoms with Crippen LogP contribution in [-0.2, 0) is 0 Å². The number of nitrogens with one attached hydrogen (secondary N) is 2. The number of nitrogens with two attached hydrogens (primary N) is 1. The number of anilines is 3. The standard InChI is InChI=1S/C24H20N6S/c1-14-21-22(15-7-3-2-4-8-15)27-24(25)28-23(21)30(29-14)16-11-12-20-18(13-16)26-17-9-5-6-10-19(17)31-20/h2-13,22,26H,1H3,(H3,25,27,28). The maximum Gasteiger partial charge on any atom is 0.195 e. The van der Waals surface area contributed by atoms with Gasteiger partial charge in [0.1, 0.15) is 11.9 Å². The van der Waals surface area contributed by atoms with Crippen molar-refractivity contribution in [3.05, 3.63) is 89.6 Å². The van der Waals surface area contributed by atoms with Gasteiger partial charge in [-0.2, -0.15) is 5.10 Å². The topological polar surface area (TPSA) is 80.3 Å². The van der Waals surface area contributed by atoms with Crippen LogP contribution < -0.4 is 16.4 Å². The molecule has 0 radical (unpaired) electrons. The molecule has 1 unspecified atom stereocenters. The minimum Gasteiger partial charge on any atom is -0.370 e. The summed E-state index contributed by atoms with van der Waals surface area (Å²) in [7, 11) is 0. The zero-order valence-electron chi connectivity index (χ0n) is 16.8. The number of aliphatic imine (C=N–C) groups is 1. The van der Waals surface area contributed by atoms with Crippen molar-refractivity contribution in [1.82, 2.24) is 9.78 Å². The number of guanidine groups is 1. The predicted octanol–water partition coefficient (Wildman–Crippen LogP) is 5.22. The van der Waals surface area contributed by atoms with Gasteiger partial charge in [-0.3, -0.25) is 0 Å². The van der Waals surface area contributed by atoms with Gasteiger partial charge in [0.15, 0.2) is 5.96 Å². The van der Waals surface area contributed by atoms with E-state index in [9.17, 15) is 0 Å². The molecule has 4 aromatic rings. The van der Waals surface area contributed by atoms with Crippen LogP contribution >= 0.6 is 11.8 Å². The van der Waals surface area contributed by atoms with Crippen molar-refractivity contribution in [2.75, 3.05) is 10.6 Å². The fourth-order valence-electron chi connectivity index (χ4n) is 4.17. The van der Waals surface area contributed by atoms with Crippen LogP contribution in [0.3, 0.4) is 0 Å². The van der Waals surface area contributed by atoms with Crippen molar-refractivity contribution in [2.45, 2.75) is 22.8 Å². The van der Waals surface area contributed by atoms with Gasteiger partial charge in [0, 0.05) is 15.4 Å². The SMILES string of the molecule is Cc1nn(-c2ccc3c(c2)Nc2ccccc2S3)c2c1C(c1ccccc1)N=C(N)N2. The molecule has 3 heterocycles. The second-order valence-electron chi connectivity index (χ2n) is 7.62. The fourth-order valence-corrected chi connectivity index (χ4v) is 5.13. The lowest BCUT2D eigenvalue weighted by molar-refractivity contribution is 0.848. The Hall–Kier alpha value is -3.71. The summed E-state index contributed by atoms with van der Waals surface area (Å²) in [5.41, 5.74) is 12.4. The minimum absolute atomic E-state index is 0.176. The van der Waals surface area contributed by atoms with Gasteiger partial charge in [0.25, 0.3) is 0 Å². The molecular formula is C24H20N6S. The molecular weight excluding hydrogens is 404 g/mol. The van der Waals surface area contributed by atoms with Crippen molar-refractivity contribution < 1.29 is 0 Å². The first-order valence-electron chi connectivity index (χ1n) is 10.1. The van der Waals surface area contributed by atoms with Crippen LogP contribution in [0.5, 0.6) is 0 Å². The molecule has 0 saturated heterocycles. The monoisotopic (exact) mass is 424 g/mol. The average Bonchev–Trinajstić information content (AvgIpc) is 3.13. The van der Waals surface area contributed by atoms with E-state index in [0.29, 0.717) is 5.96 Å². The summed E-state index contributed by atoms with van der Waals surface area (Å²) in [6.45, 7) is 2.02. The van der Waals surface area contributed by atoms with Gasteiger partial charge in [-0.05, 0) is 42.8 Å². The summed E-state index contributed by atoms with van der Waals surface area (Å²) >= 11 is 1.77. The lowest BCUT2D eigenvalue weighted by atomic mass is 9.98. The Balaban J connectivity index is 1.44. The summed E-state index contributed by atoms with van der Waals surface area (Å²) < 4.78 is 1.93. The van der Waals surface area contributed by atoms with Gasteiger partial charge in [0.2, 0.25) is 0 Å². The Morgan fingerprint density at radius 3 is 2.55 bits per heavy atom. The number of hydrogen-bond donors (Lipinski definition) is 3. The van der Waals surface area contributed by atoms with Crippen molar-refractivity contribution in [3.8, 4) is 5.69 Å². The van der Waals surface area contributed by atoms with Gasteiger partial charge in [-0.25, -0.2) is 9.67 Å². The summed E-state index contributed by atoms with van der Waals surface area (Å²) in [4.78, 5) is 7.09. The quantitative estimate of drug-likeness (QED) is 0.362. The van der Waals surface area contributed by atoms with Crippen LogP contribution in [0.2, 0.25) is 0 Å². The normalized spacial score (nSPS) is 16.3. The van der Waals surface area contributed by atoms with E-state index >= 15 is 0 Å². The zero-order valence-corrected chi connectivity index (χ0v) is 17.6. The first-order valence-corrected chi connectivity index (χ1v) is 10.9. The molecule has 3 aromatic carbocycles. The molecule has 7 heteroatoms. The smallest absolute Gasteiger partial charge is 0.195 e. The predicted molar refractivity (Wildman–Crippen MR) is 126 cm³/mol. The summed E-state index contributed by atoms with van der Waals surface area (Å²) in [5.74, 6) is 1.26. The zero-order chi connectivity index (χ0) is 20.9. The van der Waals surface area contributed by atoms with Gasteiger partial charge in [0.05, 0.1) is 22.8 Å². The average molecular weight is 425 g/mol. The summed E-state index contributed by atoms with van der Waals surface area (Å²) in [5, 5.41) is 11.7. The molecule has 1 aromatic heterocycles. The van der Waals surface area contributed by atoms with E-state index in [-0.39, 0.29) is 6.04 Å². The van der Waals surface area contributed by atoms with Crippen molar-refractivity contribution >= 4 is 34.9 Å². The van der Waals surface area contributed by atoms with Crippen LogP contribution in [-0.4, -0.2) is 15.7 Å². The first-order chi connectivity index (χ1) is 15.2. The Labute approximate surface area is 184 Å². The molecule has 31 heavy (non-hydrogen) atoms. The largest absolute Gasteiger partial charge is 0.370 e. The van der Waals surface area contributed by atoms with E-state index in [4.69, 9.17) is 10.8 Å². The van der Waals surface area contributed by atoms with Crippen LogP contribution in [0.15, 0.2) is 87.6 Å². The van der Waals surface area contributed by atoms with E-state index in [1.165, 1.54) is 9.79 Å². The molecule has 152 valence electrons. The summed E-state index contributed by atoms with van der Waals surface area (Å²) in [6.07, 6.45) is 0. The number of para-hydroxylation sites is 1. The molecule has 0 spiro atoms. The highest BCUT2D eigenvalue weighted by Gasteiger charge is 2.29. The number of benzene rings is 3. The number of hydrogen-bond acceptors (Lipinski definition) is 6. The Kier molecular flexibility index (Phi) is 4.04. The van der Waals surface area contributed by atoms with Gasteiger partial charge >= 0.3 is 0 Å². The molecule has 0 aliphatic carbocycles. The number of aryl methyl sites for hydroxylation is 1. The van der Waals surface area contributed by atoms with E-state index in [2.05, 4.69) is 64.2 Å². The molecule has 0 fully saturated rings. The fraction of sp³-hybridized carbons (Fsp3) is 0.0833. The van der Waals surface area contributed by atoms with E-state index < -0.39 is 0 Å². The van der Waals surface area contributed by atoms with Crippen molar-refractivity contribution in [3.63, 3.8) is 0 Å². The van der Waals surface area contributed by atoms with E-state index in [1.807, 2.05) is 35.9 Å². The number of aromatic nitrogens is 2. The third kappa shape index (κ3) is 2.97. The molecule has 1 atom stereocenters. The maximum absolute atomic E-state index is 6.18. The molecule has 4 N–H and O–H groups in total. The van der Waals surface area contributed by atoms with Crippen molar-refractivity contribution in [1.29, 1.82) is 0 Å². The van der Waals surface area contributed by atoms with E-state index in [1.54, 1.807) is 11.8 Å². The Morgan fingerprint density at radius 1 is 0.903 bits per heavy atom. The molecule has 2 aliphatic heterocycles. The van der Waals surface area contributed by atoms with E-state index in [0.717, 1.165) is 39.7 Å². The molecule has 0 saturated carbocycles. The number of fused-ring (bicyclic) bond motifs is 3. The van der Waals surface area contributed by atoms with Gasteiger partial charge in [-0.1, -0.05) is 54.2 Å². The van der Waals surface area contributed by atoms with Gasteiger partial charge < -0.3 is 16.4 Å². The van der Waals surface area contributed by atoms with Crippen LogP contribution in [0.1, 0.15) is 22.9 Å². The highest BCUT2D eigenvalue weighted by molar-refractivity contribution is 7.99. The van der Waals surface area contributed by atoms with Crippen molar-refractivity contribution in [2.24, 2.45) is 10.7 Å². The maximum atomic E-state index is 6.18. The highest BCUT2D eigenvalue weighted by atomic mass is 32.2. The summed E-state index contributed by atoms with van der Waals surface area (Å²) in [6, 6.07) is 24.7. The third-order valence-electron chi connectivity index (χ3n) is 5.59. The van der Waals surface area contributed by atoms with Crippen LogP contribution in [0.4, 0.5) is 17.2 Å². The minimum atomic E-state index is -0.176. The number of nitrogens with zero attached hydrogens (tertiary/aromatic N) is 3. The molecule has 2 aliphatic rings. The van der Waals surface area contributed by atoms with Crippen LogP contribution in [0.25, 0.3) is 5.69 Å². The second-order valence-corrected chi connectivity index (χ2v) is 8.70. The number of rotatable bonds is 2. The third-order valence-corrected chi connectivity index (χ3v) is 6.75. The molecule has 6 rings (SSSR count). The first kappa shape index (κ1) is 18.1. The lowest BCUT2D eigenvalue weighted by Gasteiger charge is -2.23. The highest BCUT2D eigenvalue weighted by Crippen LogP contribution is 2.45. The molecule has 0 amide bonds. The Bertz CT molecular complexity index is 1340. The van der Waals surface area contributed by atoms with Gasteiger partial charge in [-0.15, -0.1) is 0 Å². The van der Waals surface area contributed by atoms with Crippen LogP contribution in [0, 0.1) is 6.92 Å². The molecule has 0 bridgehead atoms. The lowest BCUT2D eigenvalue weighted by Crippen LogP contribution is -2.29. The second kappa shape index (κ2) is 6.92. The Morgan fingerprint density at radius 2 is 1.68 bits per heavy atom.